The summed E-state index contributed by atoms with van der Waals surface area (Å²) in [5.41, 5.74) is 5.01. The van der Waals surface area contributed by atoms with Crippen molar-refractivity contribution in [3.63, 3.8) is 0 Å². The van der Waals surface area contributed by atoms with Crippen molar-refractivity contribution in [2.24, 2.45) is 5.16 Å². The molecular weight excluding hydrogens is 174 g/mol. The van der Waals surface area contributed by atoms with Crippen molar-refractivity contribution >= 4 is 5.71 Å². The van der Waals surface area contributed by atoms with Crippen LogP contribution in [-0.2, 0) is 6.42 Å². The molecule has 0 radical (unpaired) electrons. The van der Waals surface area contributed by atoms with E-state index in [-0.39, 0.29) is 0 Å². The minimum Gasteiger partial charge on any atom is -0.411 e. The molecule has 1 aromatic rings. The molecule has 2 nitrogen and oxygen atoms in total. The van der Waals surface area contributed by atoms with Crippen molar-refractivity contribution in [3.05, 3.63) is 34.9 Å². The molecule has 14 heavy (non-hydrogen) atoms. The highest BCUT2D eigenvalue weighted by Gasteiger charge is 2.32. The van der Waals surface area contributed by atoms with Gasteiger partial charge in [0.1, 0.15) is 0 Å². The van der Waals surface area contributed by atoms with Gasteiger partial charge in [0.25, 0.3) is 0 Å². The van der Waals surface area contributed by atoms with E-state index in [2.05, 4.69) is 23.4 Å². The molecule has 0 saturated heterocycles. The van der Waals surface area contributed by atoms with E-state index < -0.39 is 0 Å². The van der Waals surface area contributed by atoms with Crippen LogP contribution in [0.4, 0.5) is 0 Å². The molecule has 1 unspecified atom stereocenters. The first-order valence-corrected chi connectivity index (χ1v) is 5.23. The number of benzene rings is 1. The summed E-state index contributed by atoms with van der Waals surface area (Å²) in [6.45, 7) is 0. The second-order valence-electron chi connectivity index (χ2n) is 4.22. The molecule has 0 amide bonds. The highest BCUT2D eigenvalue weighted by Crippen LogP contribution is 2.42. The summed E-state index contributed by atoms with van der Waals surface area (Å²) in [5.74, 6) is 0.626. The van der Waals surface area contributed by atoms with Gasteiger partial charge in [-0.25, -0.2) is 0 Å². The van der Waals surface area contributed by atoms with Crippen LogP contribution < -0.4 is 0 Å². The van der Waals surface area contributed by atoms with E-state index in [1.807, 2.05) is 0 Å². The van der Waals surface area contributed by atoms with Crippen LogP contribution in [0.5, 0.6) is 0 Å². The molecule has 3 rings (SSSR count). The number of hydrogen-bond acceptors (Lipinski definition) is 2. The Bertz CT molecular complexity index is 409. The van der Waals surface area contributed by atoms with E-state index in [0.29, 0.717) is 5.92 Å². The third kappa shape index (κ3) is 0.939. The van der Waals surface area contributed by atoms with Gasteiger partial charge in [-0.3, -0.25) is 0 Å². The van der Waals surface area contributed by atoms with E-state index in [9.17, 15) is 0 Å². The average Bonchev–Trinajstić information content (AvgIpc) is 2.60. The number of rotatable bonds is 0. The summed E-state index contributed by atoms with van der Waals surface area (Å²) in [4.78, 5) is 0. The van der Waals surface area contributed by atoms with E-state index in [4.69, 9.17) is 5.21 Å². The fourth-order valence-electron chi connectivity index (χ4n) is 2.89. The molecular formula is C12H13NO. The lowest BCUT2D eigenvalue weighted by Gasteiger charge is -2.20. The summed E-state index contributed by atoms with van der Waals surface area (Å²) in [6, 6.07) is 6.37. The van der Waals surface area contributed by atoms with Gasteiger partial charge < -0.3 is 5.21 Å². The lowest BCUT2D eigenvalue weighted by Crippen LogP contribution is -2.05. The molecule has 1 atom stereocenters. The lowest BCUT2D eigenvalue weighted by molar-refractivity contribution is 0.318. The molecule has 0 aliphatic heterocycles. The van der Waals surface area contributed by atoms with Crippen molar-refractivity contribution in [1.29, 1.82) is 0 Å². The van der Waals surface area contributed by atoms with Gasteiger partial charge in [-0.1, -0.05) is 23.4 Å². The first kappa shape index (κ1) is 8.04. The molecule has 0 saturated carbocycles. The Morgan fingerprint density at radius 2 is 2.29 bits per heavy atom. The second-order valence-corrected chi connectivity index (χ2v) is 4.22. The first-order chi connectivity index (χ1) is 6.90. The molecule has 2 aliphatic carbocycles. The second kappa shape index (κ2) is 2.84. The molecule has 1 aromatic carbocycles. The number of aryl methyl sites for hydroxylation is 1. The van der Waals surface area contributed by atoms with E-state index in [1.54, 1.807) is 0 Å². The summed E-state index contributed by atoms with van der Waals surface area (Å²) in [5, 5.41) is 12.3. The lowest BCUT2D eigenvalue weighted by atomic mass is 9.84. The quantitative estimate of drug-likeness (QED) is 0.491. The molecule has 1 N–H and O–H groups in total. The highest BCUT2D eigenvalue weighted by atomic mass is 16.4. The molecule has 0 fully saturated rings. The molecule has 0 aromatic heterocycles. The Morgan fingerprint density at radius 3 is 3.14 bits per heavy atom. The van der Waals surface area contributed by atoms with Gasteiger partial charge in [0.05, 0.1) is 5.71 Å². The highest BCUT2D eigenvalue weighted by molar-refractivity contribution is 6.05. The Hall–Kier alpha value is -1.31. The summed E-state index contributed by atoms with van der Waals surface area (Å²) in [6.07, 6.45) is 4.66. The minimum absolute atomic E-state index is 0.626. The summed E-state index contributed by atoms with van der Waals surface area (Å²) < 4.78 is 0. The third-order valence-corrected chi connectivity index (χ3v) is 3.47. The van der Waals surface area contributed by atoms with Gasteiger partial charge in [-0.2, -0.15) is 0 Å². The van der Waals surface area contributed by atoms with Crippen molar-refractivity contribution in [2.45, 2.75) is 31.6 Å². The fourth-order valence-corrected chi connectivity index (χ4v) is 2.89. The first-order valence-electron chi connectivity index (χ1n) is 5.23. The van der Waals surface area contributed by atoms with Gasteiger partial charge >= 0.3 is 0 Å². The largest absolute Gasteiger partial charge is 0.411 e. The van der Waals surface area contributed by atoms with Crippen LogP contribution in [-0.4, -0.2) is 10.9 Å². The maximum atomic E-state index is 8.93. The Morgan fingerprint density at radius 1 is 1.36 bits per heavy atom. The minimum atomic E-state index is 0.626. The summed E-state index contributed by atoms with van der Waals surface area (Å²) >= 11 is 0. The zero-order valence-electron chi connectivity index (χ0n) is 8.03. The molecule has 2 aliphatic rings. The van der Waals surface area contributed by atoms with Gasteiger partial charge in [-0.05, 0) is 36.3 Å². The standard InChI is InChI=1S/C12H13NO/c14-13-11-7-9-5-1-3-8-4-2-6-10(11)12(8)9/h2,4,6,9,14H,1,3,5,7H2/b13-11-. The van der Waals surface area contributed by atoms with Crippen molar-refractivity contribution in [2.75, 3.05) is 0 Å². The van der Waals surface area contributed by atoms with Crippen LogP contribution >= 0.6 is 0 Å². The number of oxime groups is 1. The monoisotopic (exact) mass is 187 g/mol. The fraction of sp³-hybridized carbons (Fsp3) is 0.417. The van der Waals surface area contributed by atoms with E-state index in [0.717, 1.165) is 12.1 Å². The van der Waals surface area contributed by atoms with Crippen molar-refractivity contribution in [3.8, 4) is 0 Å². The van der Waals surface area contributed by atoms with Crippen molar-refractivity contribution in [1.82, 2.24) is 0 Å². The average molecular weight is 187 g/mol. The smallest absolute Gasteiger partial charge is 0.0876 e. The van der Waals surface area contributed by atoms with Gasteiger partial charge in [0.2, 0.25) is 0 Å². The molecule has 0 bridgehead atoms. The number of nitrogens with zero attached hydrogens (tertiary/aromatic N) is 1. The van der Waals surface area contributed by atoms with Crippen LogP contribution in [0.2, 0.25) is 0 Å². The van der Waals surface area contributed by atoms with Gasteiger partial charge in [-0.15, -0.1) is 0 Å². The van der Waals surface area contributed by atoms with Crippen LogP contribution in [0.1, 0.15) is 41.9 Å². The predicted octanol–water partition coefficient (Wildman–Crippen LogP) is 2.69. The van der Waals surface area contributed by atoms with Gasteiger partial charge in [0.15, 0.2) is 0 Å². The molecule has 0 spiro atoms. The van der Waals surface area contributed by atoms with Crippen molar-refractivity contribution < 1.29 is 5.21 Å². The Balaban J connectivity index is 2.24. The predicted molar refractivity (Wildman–Crippen MR) is 55.1 cm³/mol. The normalized spacial score (nSPS) is 26.6. The SMILES string of the molecule is O/N=C1/CC2CCCc3cccc1c32. The third-order valence-electron chi connectivity index (χ3n) is 3.47. The maximum absolute atomic E-state index is 8.93. The van der Waals surface area contributed by atoms with Crippen LogP contribution in [0.15, 0.2) is 23.4 Å². The van der Waals surface area contributed by atoms with Crippen LogP contribution in [0.3, 0.4) is 0 Å². The summed E-state index contributed by atoms with van der Waals surface area (Å²) in [7, 11) is 0. The number of hydrogen-bond donors (Lipinski definition) is 1. The van der Waals surface area contributed by atoms with Gasteiger partial charge in [0, 0.05) is 12.0 Å². The van der Waals surface area contributed by atoms with Crippen LogP contribution in [0.25, 0.3) is 0 Å². The Labute approximate surface area is 83.3 Å². The molecule has 0 heterocycles. The molecule has 72 valence electrons. The topological polar surface area (TPSA) is 32.6 Å². The zero-order chi connectivity index (χ0) is 9.54. The van der Waals surface area contributed by atoms with Crippen LogP contribution in [0, 0.1) is 0 Å². The Kier molecular flexibility index (Phi) is 1.63. The molecule has 2 heteroatoms. The zero-order valence-corrected chi connectivity index (χ0v) is 8.03. The maximum Gasteiger partial charge on any atom is 0.0876 e. The van der Waals surface area contributed by atoms with E-state index >= 15 is 0 Å². The van der Waals surface area contributed by atoms with E-state index in [1.165, 1.54) is 36.0 Å².